The van der Waals surface area contributed by atoms with Gasteiger partial charge in [0.25, 0.3) is 0 Å². The highest BCUT2D eigenvalue weighted by Crippen LogP contribution is 2.23. The van der Waals surface area contributed by atoms with Gasteiger partial charge >= 0.3 is 0 Å². The second kappa shape index (κ2) is 4.11. The quantitative estimate of drug-likeness (QED) is 0.681. The summed E-state index contributed by atoms with van der Waals surface area (Å²) in [6.07, 6.45) is 0. The van der Waals surface area contributed by atoms with E-state index in [2.05, 4.69) is 10.3 Å². The van der Waals surface area contributed by atoms with Gasteiger partial charge in [-0.1, -0.05) is 0 Å². The Kier molecular flexibility index (Phi) is 4.10. The van der Waals surface area contributed by atoms with Crippen LogP contribution in [0.2, 0.25) is 0 Å². The molecule has 0 aromatic carbocycles. The molecule has 6 heteroatoms. The molecule has 1 aliphatic rings. The predicted octanol–water partition coefficient (Wildman–Crippen LogP) is 1.17. The van der Waals surface area contributed by atoms with Crippen LogP contribution in [-0.4, -0.2) is 4.98 Å². The molecular formula is C5H9Cl2N3S. The first-order valence-electron chi connectivity index (χ1n) is 2.81. The van der Waals surface area contributed by atoms with Crippen LogP contribution in [0.15, 0.2) is 0 Å². The van der Waals surface area contributed by atoms with Crippen LogP contribution < -0.4 is 11.1 Å². The van der Waals surface area contributed by atoms with E-state index >= 15 is 0 Å². The van der Waals surface area contributed by atoms with E-state index in [1.165, 1.54) is 4.88 Å². The molecule has 11 heavy (non-hydrogen) atoms. The number of nitrogens with two attached hydrogens (primary N) is 1. The van der Waals surface area contributed by atoms with E-state index in [-0.39, 0.29) is 24.8 Å². The highest BCUT2D eigenvalue weighted by Gasteiger charge is 2.13. The van der Waals surface area contributed by atoms with Gasteiger partial charge in [-0.25, -0.2) is 4.98 Å². The van der Waals surface area contributed by atoms with Crippen molar-refractivity contribution < 1.29 is 0 Å². The van der Waals surface area contributed by atoms with Gasteiger partial charge in [0, 0.05) is 18.0 Å². The SMILES string of the molecule is Cl.Cl.Nc1nc2c(s1)CNC2. The standard InChI is InChI=1S/C5H7N3S.2ClH/c6-5-8-3-1-7-2-4(3)9-5;;/h7H,1-2H2,(H2,6,8);2*1H. The maximum Gasteiger partial charge on any atom is 0.180 e. The average Bonchev–Trinajstić information content (AvgIpc) is 2.22. The molecular weight excluding hydrogens is 205 g/mol. The van der Waals surface area contributed by atoms with Crippen LogP contribution in [0.3, 0.4) is 0 Å². The number of aromatic nitrogens is 1. The molecule has 0 amide bonds. The summed E-state index contributed by atoms with van der Waals surface area (Å²) in [5.74, 6) is 0. The molecule has 2 heterocycles. The lowest BCUT2D eigenvalue weighted by Gasteiger charge is -1.84. The zero-order valence-electron chi connectivity index (χ0n) is 5.66. The number of nitrogen functional groups attached to an aromatic ring is 1. The molecule has 0 spiro atoms. The fraction of sp³-hybridized carbons (Fsp3) is 0.400. The summed E-state index contributed by atoms with van der Waals surface area (Å²) < 4.78 is 0. The summed E-state index contributed by atoms with van der Waals surface area (Å²) in [6, 6.07) is 0. The lowest BCUT2D eigenvalue weighted by molar-refractivity contribution is 0.759. The number of hydrogen-bond donors (Lipinski definition) is 2. The normalized spacial score (nSPS) is 13.1. The highest BCUT2D eigenvalue weighted by molar-refractivity contribution is 7.15. The Labute approximate surface area is 81.2 Å². The first-order valence-corrected chi connectivity index (χ1v) is 3.62. The van der Waals surface area contributed by atoms with Crippen LogP contribution in [0.1, 0.15) is 10.6 Å². The van der Waals surface area contributed by atoms with Crippen molar-refractivity contribution in [3.63, 3.8) is 0 Å². The molecule has 0 saturated carbocycles. The summed E-state index contributed by atoms with van der Waals surface area (Å²) in [7, 11) is 0. The van der Waals surface area contributed by atoms with Crippen molar-refractivity contribution >= 4 is 41.3 Å². The fourth-order valence-electron chi connectivity index (χ4n) is 0.974. The van der Waals surface area contributed by atoms with E-state index in [1.807, 2.05) is 0 Å². The zero-order chi connectivity index (χ0) is 6.27. The van der Waals surface area contributed by atoms with Crippen LogP contribution in [0.4, 0.5) is 5.13 Å². The third-order valence-electron chi connectivity index (χ3n) is 1.37. The minimum absolute atomic E-state index is 0. The number of halogens is 2. The number of nitrogens with zero attached hydrogens (tertiary/aromatic N) is 1. The van der Waals surface area contributed by atoms with Crippen LogP contribution in [0, 0.1) is 0 Å². The molecule has 0 bridgehead atoms. The van der Waals surface area contributed by atoms with Crippen molar-refractivity contribution in [1.29, 1.82) is 0 Å². The summed E-state index contributed by atoms with van der Waals surface area (Å²) in [5, 5.41) is 3.88. The topological polar surface area (TPSA) is 50.9 Å². The van der Waals surface area contributed by atoms with E-state index in [0.717, 1.165) is 18.8 Å². The minimum atomic E-state index is 0. The number of thiazole rings is 1. The summed E-state index contributed by atoms with van der Waals surface area (Å²) >= 11 is 1.58. The minimum Gasteiger partial charge on any atom is -0.375 e. The Morgan fingerprint density at radius 3 is 2.73 bits per heavy atom. The van der Waals surface area contributed by atoms with Gasteiger partial charge < -0.3 is 11.1 Å². The maximum atomic E-state index is 5.47. The van der Waals surface area contributed by atoms with Crippen molar-refractivity contribution in [1.82, 2.24) is 10.3 Å². The Balaban J connectivity index is 0.000000500. The Hall–Kier alpha value is -0.0300. The van der Waals surface area contributed by atoms with Gasteiger partial charge in [0.2, 0.25) is 0 Å². The smallest absolute Gasteiger partial charge is 0.180 e. The molecule has 3 nitrogen and oxygen atoms in total. The van der Waals surface area contributed by atoms with Crippen molar-refractivity contribution in [2.75, 3.05) is 5.73 Å². The molecule has 0 radical (unpaired) electrons. The average molecular weight is 214 g/mol. The van der Waals surface area contributed by atoms with Crippen molar-refractivity contribution in [3.8, 4) is 0 Å². The van der Waals surface area contributed by atoms with E-state index in [1.54, 1.807) is 11.3 Å². The van der Waals surface area contributed by atoms with Crippen LogP contribution in [0.25, 0.3) is 0 Å². The second-order valence-electron chi connectivity index (χ2n) is 2.03. The molecule has 2 rings (SSSR count). The zero-order valence-corrected chi connectivity index (χ0v) is 8.11. The lowest BCUT2D eigenvalue weighted by atomic mass is 10.4. The first kappa shape index (κ1) is 11.0. The predicted molar refractivity (Wildman–Crippen MR) is 51.6 cm³/mol. The van der Waals surface area contributed by atoms with Crippen LogP contribution in [0.5, 0.6) is 0 Å². The van der Waals surface area contributed by atoms with Crippen molar-refractivity contribution in [2.45, 2.75) is 13.1 Å². The molecule has 0 aliphatic carbocycles. The molecule has 1 aliphatic heterocycles. The van der Waals surface area contributed by atoms with Gasteiger partial charge in [-0.3, -0.25) is 0 Å². The van der Waals surface area contributed by atoms with E-state index in [9.17, 15) is 0 Å². The molecule has 1 aromatic heterocycles. The summed E-state index contributed by atoms with van der Waals surface area (Å²) in [4.78, 5) is 5.42. The van der Waals surface area contributed by atoms with Gasteiger partial charge in [0.15, 0.2) is 5.13 Å². The largest absolute Gasteiger partial charge is 0.375 e. The lowest BCUT2D eigenvalue weighted by Crippen LogP contribution is -2.01. The molecule has 1 aromatic rings. The molecule has 3 N–H and O–H groups in total. The van der Waals surface area contributed by atoms with Crippen LogP contribution >= 0.6 is 36.2 Å². The fourth-order valence-corrected chi connectivity index (χ4v) is 1.79. The third kappa shape index (κ3) is 1.96. The van der Waals surface area contributed by atoms with Gasteiger partial charge in [-0.2, -0.15) is 0 Å². The molecule has 0 unspecified atom stereocenters. The third-order valence-corrected chi connectivity index (χ3v) is 2.30. The van der Waals surface area contributed by atoms with Crippen molar-refractivity contribution in [2.24, 2.45) is 0 Å². The Morgan fingerprint density at radius 2 is 2.09 bits per heavy atom. The summed E-state index contributed by atoms with van der Waals surface area (Å²) in [6.45, 7) is 1.84. The first-order chi connectivity index (χ1) is 4.36. The van der Waals surface area contributed by atoms with Gasteiger partial charge in [-0.15, -0.1) is 36.2 Å². The van der Waals surface area contributed by atoms with Crippen molar-refractivity contribution in [3.05, 3.63) is 10.6 Å². The Morgan fingerprint density at radius 1 is 1.36 bits per heavy atom. The number of nitrogens with one attached hydrogen (secondary N) is 1. The number of fused-ring (bicyclic) bond motifs is 1. The van der Waals surface area contributed by atoms with Crippen LogP contribution in [-0.2, 0) is 13.1 Å². The van der Waals surface area contributed by atoms with Gasteiger partial charge in [0.1, 0.15) is 0 Å². The van der Waals surface area contributed by atoms with Gasteiger partial charge in [-0.05, 0) is 0 Å². The number of hydrogen-bond acceptors (Lipinski definition) is 4. The van der Waals surface area contributed by atoms with E-state index < -0.39 is 0 Å². The summed E-state index contributed by atoms with van der Waals surface area (Å²) in [5.41, 5.74) is 6.61. The number of rotatable bonds is 0. The maximum absolute atomic E-state index is 5.47. The molecule has 0 atom stereocenters. The monoisotopic (exact) mass is 213 g/mol. The number of anilines is 1. The second-order valence-corrected chi connectivity index (χ2v) is 3.14. The molecule has 64 valence electrons. The van der Waals surface area contributed by atoms with E-state index in [0.29, 0.717) is 5.13 Å². The van der Waals surface area contributed by atoms with E-state index in [4.69, 9.17) is 5.73 Å². The van der Waals surface area contributed by atoms with Gasteiger partial charge in [0.05, 0.1) is 5.69 Å². The highest BCUT2D eigenvalue weighted by atomic mass is 35.5. The Bertz CT molecular complexity index is 216. The molecule has 0 saturated heterocycles. The molecule has 0 fully saturated rings.